The molecule has 0 unspecified atom stereocenters. The summed E-state index contributed by atoms with van der Waals surface area (Å²) in [6.45, 7) is 0. The molecule has 2 rings (SSSR count). The molecule has 0 spiro atoms. The first kappa shape index (κ1) is 12.5. The molecule has 0 aromatic heterocycles. The van der Waals surface area contributed by atoms with Crippen LogP contribution in [-0.2, 0) is 16.0 Å². The summed E-state index contributed by atoms with van der Waals surface area (Å²) >= 11 is 1.49. The normalized spacial score (nSPS) is 23.6. The summed E-state index contributed by atoms with van der Waals surface area (Å²) in [4.78, 5) is 11.6. The van der Waals surface area contributed by atoms with E-state index >= 15 is 0 Å². The zero-order valence-corrected chi connectivity index (χ0v) is 10.9. The van der Waals surface area contributed by atoms with E-state index in [1.54, 1.807) is 7.11 Å². The van der Waals surface area contributed by atoms with Gasteiger partial charge in [-0.05, 0) is 18.4 Å². The second kappa shape index (κ2) is 5.56. The van der Waals surface area contributed by atoms with Crippen molar-refractivity contribution in [2.75, 3.05) is 13.4 Å². The minimum Gasteiger partial charge on any atom is -0.369 e. The minimum atomic E-state index is -0.244. The number of amides is 1. The van der Waals surface area contributed by atoms with Gasteiger partial charge in [-0.25, -0.2) is 0 Å². The van der Waals surface area contributed by atoms with Crippen LogP contribution in [0.2, 0.25) is 0 Å². The Labute approximate surface area is 106 Å². The van der Waals surface area contributed by atoms with Gasteiger partial charge in [-0.15, -0.1) is 0 Å². The van der Waals surface area contributed by atoms with Crippen molar-refractivity contribution in [1.29, 1.82) is 0 Å². The van der Waals surface area contributed by atoms with Crippen LogP contribution in [0.15, 0.2) is 30.3 Å². The van der Waals surface area contributed by atoms with Gasteiger partial charge in [-0.1, -0.05) is 42.3 Å². The van der Waals surface area contributed by atoms with Gasteiger partial charge in [0.2, 0.25) is 0 Å². The Hall–Kier alpha value is -1.00. The van der Waals surface area contributed by atoms with E-state index in [1.807, 2.05) is 28.8 Å². The van der Waals surface area contributed by atoms with Gasteiger partial charge in [-0.2, -0.15) is 0 Å². The predicted molar refractivity (Wildman–Crippen MR) is 69.7 cm³/mol. The van der Waals surface area contributed by atoms with E-state index in [0.717, 1.165) is 12.8 Å². The third-order valence-electron chi connectivity index (χ3n) is 3.13. The summed E-state index contributed by atoms with van der Waals surface area (Å²) in [6, 6.07) is 10.5. The molecule has 1 aromatic rings. The summed E-state index contributed by atoms with van der Waals surface area (Å²) < 4.78 is 7.04. The summed E-state index contributed by atoms with van der Waals surface area (Å²) in [7, 11) is 1.61. The molecular formula is C13H17NO2S. The molecule has 1 fully saturated rings. The Balaban J connectivity index is 1.92. The van der Waals surface area contributed by atoms with Crippen LogP contribution in [0.4, 0.5) is 0 Å². The molecule has 1 aliphatic heterocycles. The quantitative estimate of drug-likeness (QED) is 0.593. The smallest absolute Gasteiger partial charge is 0.264 e. The highest BCUT2D eigenvalue weighted by atomic mass is 32.2. The lowest BCUT2D eigenvalue weighted by molar-refractivity contribution is -0.158. The standard InChI is InChI=1S/C13H17NO2S/c1-16-12-11(14(17-2)13(12)15)9-8-10-6-4-3-5-7-10/h3-7,11-12H,8-9H2,1-2H3/t11-,12+/m0/s1. The lowest BCUT2D eigenvalue weighted by Crippen LogP contribution is -2.62. The summed E-state index contributed by atoms with van der Waals surface area (Å²) in [5.74, 6) is 0.0954. The molecule has 1 aliphatic rings. The highest BCUT2D eigenvalue weighted by Crippen LogP contribution is 2.31. The molecule has 0 aliphatic carbocycles. The lowest BCUT2D eigenvalue weighted by atomic mass is 9.94. The van der Waals surface area contributed by atoms with E-state index in [9.17, 15) is 4.79 Å². The Morgan fingerprint density at radius 2 is 2.06 bits per heavy atom. The van der Waals surface area contributed by atoms with Crippen LogP contribution in [0.25, 0.3) is 0 Å². The summed E-state index contributed by atoms with van der Waals surface area (Å²) in [5, 5.41) is 0. The Kier molecular flexibility index (Phi) is 4.07. The molecule has 4 heteroatoms. The molecule has 2 atom stereocenters. The van der Waals surface area contributed by atoms with Crippen molar-refractivity contribution >= 4 is 17.9 Å². The van der Waals surface area contributed by atoms with Crippen molar-refractivity contribution in [3.05, 3.63) is 35.9 Å². The van der Waals surface area contributed by atoms with Crippen molar-refractivity contribution in [2.24, 2.45) is 0 Å². The lowest BCUT2D eigenvalue weighted by Gasteiger charge is -2.44. The fourth-order valence-corrected chi connectivity index (χ4v) is 2.98. The molecule has 0 N–H and O–H groups in total. The number of β-lactam (4-membered cyclic amide) rings is 1. The van der Waals surface area contributed by atoms with Crippen molar-refractivity contribution < 1.29 is 9.53 Å². The number of aryl methyl sites for hydroxylation is 1. The molecule has 0 bridgehead atoms. The maximum atomic E-state index is 11.6. The van der Waals surface area contributed by atoms with Gasteiger partial charge in [0.05, 0.1) is 6.04 Å². The second-order valence-corrected chi connectivity index (χ2v) is 4.85. The average molecular weight is 251 g/mol. The number of benzene rings is 1. The fraction of sp³-hybridized carbons (Fsp3) is 0.462. The van der Waals surface area contributed by atoms with Gasteiger partial charge >= 0.3 is 0 Å². The van der Waals surface area contributed by atoms with Crippen LogP contribution < -0.4 is 0 Å². The number of hydrogen-bond acceptors (Lipinski definition) is 3. The molecule has 17 heavy (non-hydrogen) atoms. The van der Waals surface area contributed by atoms with Crippen molar-refractivity contribution in [1.82, 2.24) is 4.31 Å². The van der Waals surface area contributed by atoms with Crippen molar-refractivity contribution in [3.8, 4) is 0 Å². The molecule has 1 aromatic carbocycles. The number of nitrogens with zero attached hydrogens (tertiary/aromatic N) is 1. The number of hydrogen-bond donors (Lipinski definition) is 0. The molecule has 0 saturated carbocycles. The molecule has 92 valence electrons. The van der Waals surface area contributed by atoms with Crippen LogP contribution in [0.5, 0.6) is 0 Å². The molecule has 3 nitrogen and oxygen atoms in total. The Morgan fingerprint density at radius 3 is 2.65 bits per heavy atom. The zero-order valence-electron chi connectivity index (χ0n) is 10.1. The molecule has 1 amide bonds. The molecule has 0 radical (unpaired) electrons. The molecular weight excluding hydrogens is 234 g/mol. The SMILES string of the molecule is CO[C@H]1C(=O)N(SC)[C@H]1CCc1ccccc1. The zero-order chi connectivity index (χ0) is 12.3. The van der Waals surface area contributed by atoms with Crippen LogP contribution in [0.1, 0.15) is 12.0 Å². The van der Waals surface area contributed by atoms with E-state index < -0.39 is 0 Å². The van der Waals surface area contributed by atoms with E-state index in [0.29, 0.717) is 0 Å². The van der Waals surface area contributed by atoms with Crippen molar-refractivity contribution in [2.45, 2.75) is 25.0 Å². The predicted octanol–water partition coefficient (Wildman–Crippen LogP) is 2.12. The largest absolute Gasteiger partial charge is 0.369 e. The maximum absolute atomic E-state index is 11.6. The van der Waals surface area contributed by atoms with E-state index in [4.69, 9.17) is 4.74 Å². The Morgan fingerprint density at radius 1 is 1.35 bits per heavy atom. The fourth-order valence-electron chi connectivity index (χ4n) is 2.21. The van der Waals surface area contributed by atoms with Gasteiger partial charge in [0.25, 0.3) is 5.91 Å². The third-order valence-corrected chi connectivity index (χ3v) is 3.98. The monoisotopic (exact) mass is 251 g/mol. The van der Waals surface area contributed by atoms with Gasteiger partial charge in [0.1, 0.15) is 0 Å². The number of rotatable bonds is 5. The number of ether oxygens (including phenoxy) is 1. The highest BCUT2D eigenvalue weighted by molar-refractivity contribution is 7.96. The molecule has 1 saturated heterocycles. The number of methoxy groups -OCH3 is 1. The van der Waals surface area contributed by atoms with Gasteiger partial charge in [0, 0.05) is 13.4 Å². The third kappa shape index (κ3) is 2.48. The van der Waals surface area contributed by atoms with Crippen LogP contribution in [0, 0.1) is 0 Å². The van der Waals surface area contributed by atoms with Gasteiger partial charge in [0.15, 0.2) is 6.10 Å². The van der Waals surface area contributed by atoms with Crippen LogP contribution in [-0.4, -0.2) is 35.7 Å². The first-order chi connectivity index (χ1) is 8.27. The highest BCUT2D eigenvalue weighted by Gasteiger charge is 2.47. The maximum Gasteiger partial charge on any atom is 0.264 e. The van der Waals surface area contributed by atoms with E-state index in [2.05, 4.69) is 12.1 Å². The van der Waals surface area contributed by atoms with Crippen LogP contribution >= 0.6 is 11.9 Å². The van der Waals surface area contributed by atoms with E-state index in [1.165, 1.54) is 17.5 Å². The Bertz CT molecular complexity index is 368. The first-order valence-corrected chi connectivity index (χ1v) is 6.90. The van der Waals surface area contributed by atoms with Gasteiger partial charge < -0.3 is 4.74 Å². The number of carbonyl (C=O) groups excluding carboxylic acids is 1. The minimum absolute atomic E-state index is 0.0954. The average Bonchev–Trinajstić information content (AvgIpc) is 2.36. The van der Waals surface area contributed by atoms with Gasteiger partial charge in [-0.3, -0.25) is 9.10 Å². The molecule has 1 heterocycles. The number of carbonyl (C=O) groups is 1. The topological polar surface area (TPSA) is 29.5 Å². The summed E-state index contributed by atoms with van der Waals surface area (Å²) in [6.07, 6.45) is 3.62. The van der Waals surface area contributed by atoms with E-state index in [-0.39, 0.29) is 18.1 Å². The first-order valence-electron chi connectivity index (χ1n) is 5.72. The second-order valence-electron chi connectivity index (χ2n) is 4.09. The summed E-state index contributed by atoms with van der Waals surface area (Å²) in [5.41, 5.74) is 1.31. The van der Waals surface area contributed by atoms with Crippen LogP contribution in [0.3, 0.4) is 0 Å². The van der Waals surface area contributed by atoms with Crippen molar-refractivity contribution in [3.63, 3.8) is 0 Å².